The first kappa shape index (κ1) is 14.5. The summed E-state index contributed by atoms with van der Waals surface area (Å²) in [6.45, 7) is 5.93. The first-order chi connectivity index (χ1) is 10.6. The van der Waals surface area contributed by atoms with Crippen molar-refractivity contribution in [1.29, 1.82) is 0 Å². The summed E-state index contributed by atoms with van der Waals surface area (Å²) in [7, 11) is 0. The largest absolute Gasteiger partial charge is 0.369 e. The van der Waals surface area contributed by atoms with Crippen molar-refractivity contribution in [1.82, 2.24) is 15.3 Å². The van der Waals surface area contributed by atoms with E-state index in [2.05, 4.69) is 34.4 Å². The van der Waals surface area contributed by atoms with E-state index in [4.69, 9.17) is 0 Å². The molecule has 0 atom stereocenters. The lowest BCUT2D eigenvalue weighted by Gasteiger charge is -2.10. The quantitative estimate of drug-likeness (QED) is 0.500. The van der Waals surface area contributed by atoms with Crippen molar-refractivity contribution in [3.8, 4) is 0 Å². The summed E-state index contributed by atoms with van der Waals surface area (Å²) in [5.41, 5.74) is 1.50. The van der Waals surface area contributed by atoms with Gasteiger partial charge in [-0.1, -0.05) is 32.0 Å². The van der Waals surface area contributed by atoms with E-state index in [1.807, 2.05) is 36.4 Å². The van der Waals surface area contributed by atoms with Crippen LogP contribution in [0.5, 0.6) is 0 Å². The van der Waals surface area contributed by atoms with Crippen LogP contribution in [-0.4, -0.2) is 29.1 Å². The molecule has 0 amide bonds. The van der Waals surface area contributed by atoms with Crippen molar-refractivity contribution in [2.75, 3.05) is 18.4 Å². The van der Waals surface area contributed by atoms with Crippen LogP contribution in [0, 0.1) is 0 Å². The highest BCUT2D eigenvalue weighted by Crippen LogP contribution is 2.20. The SMILES string of the molecule is CC(C)NCCNc1ccc2[nH]c(=O)c3ccccc3c2n1. The van der Waals surface area contributed by atoms with Crippen molar-refractivity contribution in [2.24, 2.45) is 0 Å². The van der Waals surface area contributed by atoms with Gasteiger partial charge in [-0.2, -0.15) is 0 Å². The maximum Gasteiger partial charge on any atom is 0.256 e. The van der Waals surface area contributed by atoms with Crippen molar-refractivity contribution in [3.05, 3.63) is 46.8 Å². The molecule has 0 bridgehead atoms. The van der Waals surface area contributed by atoms with Crippen LogP contribution in [0.2, 0.25) is 0 Å². The number of aromatic amines is 1. The second kappa shape index (κ2) is 6.15. The Morgan fingerprint density at radius 1 is 1.09 bits per heavy atom. The minimum absolute atomic E-state index is 0.0771. The molecule has 0 saturated heterocycles. The number of H-pyrrole nitrogens is 1. The van der Waals surface area contributed by atoms with Crippen LogP contribution in [0.1, 0.15) is 13.8 Å². The Hall–Kier alpha value is -2.40. The summed E-state index contributed by atoms with van der Waals surface area (Å²) in [5, 5.41) is 8.21. The molecule has 0 radical (unpaired) electrons. The van der Waals surface area contributed by atoms with Gasteiger partial charge in [-0.25, -0.2) is 4.98 Å². The van der Waals surface area contributed by atoms with Gasteiger partial charge in [-0.3, -0.25) is 4.79 Å². The molecule has 22 heavy (non-hydrogen) atoms. The predicted octanol–water partition coefficient (Wildman–Crippen LogP) is 2.49. The zero-order valence-corrected chi connectivity index (χ0v) is 12.8. The molecule has 2 heterocycles. The molecular formula is C17H20N4O. The van der Waals surface area contributed by atoms with E-state index in [0.29, 0.717) is 11.4 Å². The number of hydrogen-bond donors (Lipinski definition) is 3. The molecule has 5 nitrogen and oxygen atoms in total. The van der Waals surface area contributed by atoms with Crippen LogP contribution in [0.4, 0.5) is 5.82 Å². The molecule has 5 heteroatoms. The summed E-state index contributed by atoms with van der Waals surface area (Å²) in [6, 6.07) is 11.8. The lowest BCUT2D eigenvalue weighted by Crippen LogP contribution is -2.28. The number of anilines is 1. The monoisotopic (exact) mass is 296 g/mol. The third-order valence-corrected chi connectivity index (χ3v) is 3.55. The highest BCUT2D eigenvalue weighted by atomic mass is 16.1. The second-order valence-electron chi connectivity index (χ2n) is 5.63. The zero-order valence-electron chi connectivity index (χ0n) is 12.8. The Morgan fingerprint density at radius 3 is 2.64 bits per heavy atom. The molecular weight excluding hydrogens is 276 g/mol. The molecule has 3 rings (SSSR count). The van der Waals surface area contributed by atoms with E-state index < -0.39 is 0 Å². The Bertz CT molecular complexity index is 854. The van der Waals surface area contributed by atoms with Gasteiger partial charge in [-0.05, 0) is 18.2 Å². The van der Waals surface area contributed by atoms with Crippen molar-refractivity contribution in [2.45, 2.75) is 19.9 Å². The summed E-state index contributed by atoms with van der Waals surface area (Å²) >= 11 is 0. The molecule has 2 aromatic heterocycles. The lowest BCUT2D eigenvalue weighted by atomic mass is 10.1. The number of hydrogen-bond acceptors (Lipinski definition) is 4. The Labute approximate surface area is 128 Å². The first-order valence-corrected chi connectivity index (χ1v) is 7.54. The van der Waals surface area contributed by atoms with Gasteiger partial charge in [0.15, 0.2) is 0 Å². The smallest absolute Gasteiger partial charge is 0.256 e. The third-order valence-electron chi connectivity index (χ3n) is 3.55. The van der Waals surface area contributed by atoms with Crippen LogP contribution in [0.3, 0.4) is 0 Å². The fraction of sp³-hybridized carbons (Fsp3) is 0.294. The molecule has 0 aliphatic rings. The van der Waals surface area contributed by atoms with E-state index in [1.54, 1.807) is 0 Å². The summed E-state index contributed by atoms with van der Waals surface area (Å²) in [5.74, 6) is 0.815. The molecule has 0 aliphatic heterocycles. The van der Waals surface area contributed by atoms with E-state index >= 15 is 0 Å². The van der Waals surface area contributed by atoms with Crippen molar-refractivity contribution >= 4 is 27.6 Å². The highest BCUT2D eigenvalue weighted by molar-refractivity contribution is 6.03. The van der Waals surface area contributed by atoms with Crippen LogP contribution >= 0.6 is 0 Å². The number of pyridine rings is 2. The molecule has 0 fully saturated rings. The van der Waals surface area contributed by atoms with Gasteiger partial charge in [0, 0.05) is 29.9 Å². The van der Waals surface area contributed by atoms with Crippen LogP contribution < -0.4 is 16.2 Å². The minimum atomic E-state index is -0.0771. The van der Waals surface area contributed by atoms with E-state index in [1.165, 1.54) is 0 Å². The molecule has 0 saturated carbocycles. The normalized spacial score (nSPS) is 11.4. The average Bonchev–Trinajstić information content (AvgIpc) is 2.52. The number of nitrogens with zero attached hydrogens (tertiary/aromatic N) is 1. The lowest BCUT2D eigenvalue weighted by molar-refractivity contribution is 0.602. The summed E-state index contributed by atoms with van der Waals surface area (Å²) in [6.07, 6.45) is 0. The van der Waals surface area contributed by atoms with Crippen molar-refractivity contribution in [3.63, 3.8) is 0 Å². The number of nitrogens with one attached hydrogen (secondary N) is 3. The molecule has 0 unspecified atom stereocenters. The maximum atomic E-state index is 12.0. The fourth-order valence-corrected chi connectivity index (χ4v) is 2.49. The average molecular weight is 296 g/mol. The number of rotatable bonds is 5. The van der Waals surface area contributed by atoms with Gasteiger partial charge >= 0.3 is 0 Å². The Balaban J connectivity index is 1.93. The van der Waals surface area contributed by atoms with Gasteiger partial charge < -0.3 is 15.6 Å². The standard InChI is InChI=1S/C17H20N4O/c1-11(2)18-9-10-19-15-8-7-14-16(21-15)12-5-3-4-6-13(12)17(22)20-14/h3-8,11,18H,9-10H2,1-2H3,(H,19,21)(H,20,22). The Morgan fingerprint density at radius 2 is 1.86 bits per heavy atom. The number of aromatic nitrogens is 2. The van der Waals surface area contributed by atoms with E-state index in [-0.39, 0.29) is 5.56 Å². The van der Waals surface area contributed by atoms with E-state index in [9.17, 15) is 4.79 Å². The molecule has 114 valence electrons. The predicted molar refractivity (Wildman–Crippen MR) is 91.5 cm³/mol. The van der Waals surface area contributed by atoms with E-state index in [0.717, 1.165) is 35.3 Å². The molecule has 3 aromatic rings. The molecule has 1 aromatic carbocycles. The first-order valence-electron chi connectivity index (χ1n) is 7.54. The Kier molecular flexibility index (Phi) is 4.06. The van der Waals surface area contributed by atoms with Gasteiger partial charge in [0.05, 0.1) is 11.0 Å². The minimum Gasteiger partial charge on any atom is -0.369 e. The zero-order chi connectivity index (χ0) is 15.5. The second-order valence-corrected chi connectivity index (χ2v) is 5.63. The van der Waals surface area contributed by atoms with Gasteiger partial charge in [0.2, 0.25) is 0 Å². The molecule has 3 N–H and O–H groups in total. The van der Waals surface area contributed by atoms with Gasteiger partial charge in [0.1, 0.15) is 5.82 Å². The van der Waals surface area contributed by atoms with Gasteiger partial charge in [0.25, 0.3) is 5.56 Å². The number of fused-ring (bicyclic) bond motifs is 3. The van der Waals surface area contributed by atoms with Crippen LogP contribution in [0.15, 0.2) is 41.2 Å². The molecule has 0 aliphatic carbocycles. The molecule has 0 spiro atoms. The van der Waals surface area contributed by atoms with Crippen LogP contribution in [0.25, 0.3) is 21.8 Å². The third kappa shape index (κ3) is 2.94. The maximum absolute atomic E-state index is 12.0. The highest BCUT2D eigenvalue weighted by Gasteiger charge is 2.06. The number of benzene rings is 1. The van der Waals surface area contributed by atoms with Gasteiger partial charge in [-0.15, -0.1) is 0 Å². The van der Waals surface area contributed by atoms with Crippen molar-refractivity contribution < 1.29 is 0 Å². The van der Waals surface area contributed by atoms with Crippen LogP contribution in [-0.2, 0) is 0 Å². The summed E-state index contributed by atoms with van der Waals surface area (Å²) < 4.78 is 0. The fourth-order valence-electron chi connectivity index (χ4n) is 2.49. The summed E-state index contributed by atoms with van der Waals surface area (Å²) in [4.78, 5) is 19.6. The topological polar surface area (TPSA) is 69.8 Å².